The number of imidazole rings is 1. The average Bonchev–Trinajstić information content (AvgIpc) is 4.13. The van der Waals surface area contributed by atoms with Crippen molar-refractivity contribution in [2.24, 2.45) is 0 Å². The number of H-pyrrole nitrogens is 2. The highest BCUT2D eigenvalue weighted by atomic mass is 16.3. The van der Waals surface area contributed by atoms with Crippen molar-refractivity contribution in [3.05, 3.63) is 192 Å². The first-order chi connectivity index (χ1) is 28.7. The Morgan fingerprint density at radius 2 is 1.57 bits per heavy atom. The molecule has 2 N–H and O–H groups in total. The molecule has 4 aromatic carbocycles. The van der Waals surface area contributed by atoms with Crippen molar-refractivity contribution in [1.82, 2.24) is 45.7 Å². The molecule has 3 unspecified atom stereocenters. The van der Waals surface area contributed by atoms with Gasteiger partial charge < -0.3 is 13.8 Å². The van der Waals surface area contributed by atoms with Gasteiger partial charge >= 0.3 is 0 Å². The van der Waals surface area contributed by atoms with Crippen LogP contribution in [-0.4, -0.2) is 52.2 Å². The van der Waals surface area contributed by atoms with Crippen LogP contribution in [0, 0.1) is 0 Å². The highest BCUT2D eigenvalue weighted by molar-refractivity contribution is 5.83. The number of fused-ring (bicyclic) bond motifs is 4. The van der Waals surface area contributed by atoms with E-state index in [4.69, 9.17) is 29.0 Å². The summed E-state index contributed by atoms with van der Waals surface area (Å²) in [6.07, 6.45) is 5.95. The van der Waals surface area contributed by atoms with E-state index >= 15 is 0 Å². The molecule has 2 aliphatic rings. The zero-order valence-electron chi connectivity index (χ0n) is 30.8. The first-order valence-corrected chi connectivity index (χ1v) is 19.2. The number of aromatic amines is 2. The van der Waals surface area contributed by atoms with Crippen LogP contribution in [0.15, 0.2) is 167 Å². The van der Waals surface area contributed by atoms with Crippen LogP contribution in [0.5, 0.6) is 0 Å². The fraction of sp³-hybridized carbons (Fsp3) is 0.111. The van der Waals surface area contributed by atoms with E-state index in [1.54, 1.807) is 18.7 Å². The van der Waals surface area contributed by atoms with Gasteiger partial charge in [-0.2, -0.15) is 25.6 Å². The van der Waals surface area contributed by atoms with E-state index in [1.807, 2.05) is 84.9 Å². The summed E-state index contributed by atoms with van der Waals surface area (Å²) in [6, 6.07) is 46.1. The molecule has 3 atom stereocenters. The Hall–Kier alpha value is -7.64. The number of nitrogens with zero attached hydrogens (tertiary/aromatic N) is 9. The smallest absolute Gasteiger partial charge is 0.221 e. The molecule has 0 aliphatic carbocycles. The quantitative estimate of drug-likeness (QED) is 0.163. The summed E-state index contributed by atoms with van der Waals surface area (Å²) >= 11 is 0. The van der Waals surface area contributed by atoms with Gasteiger partial charge in [0.05, 0.1) is 46.1 Å². The molecule has 13 nitrogen and oxygen atoms in total. The highest BCUT2D eigenvalue weighted by Crippen LogP contribution is 2.68. The number of hydrogen-bond acceptors (Lipinski definition) is 11. The molecule has 0 saturated carbocycles. The lowest BCUT2D eigenvalue weighted by Crippen LogP contribution is -2.59. The molecule has 1 fully saturated rings. The standard InChI is InChI=1S/C45H33N11O2/c1-4-14-32-29(11-1)21-22-38(48-32)45(41-27-31-13-3-8-19-37(31)58-41)44(39-28-47-53-52-39,40-20-10-26-57-40)42(35-17-9-24-46-51-35)56(54-25-23-30-12-2-7-18-36(30)54)55(45)43-49-33-15-5-6-16-34(33)50-43/h1-22,24,26-28,42H,23,25H2,(H,49,50)(H,47,52,53). The van der Waals surface area contributed by atoms with E-state index in [0.29, 0.717) is 46.7 Å². The van der Waals surface area contributed by atoms with Crippen LogP contribution in [0.1, 0.15) is 40.2 Å². The maximum Gasteiger partial charge on any atom is 0.221 e. The van der Waals surface area contributed by atoms with Gasteiger partial charge in [-0.1, -0.05) is 72.8 Å². The lowest BCUT2D eigenvalue weighted by atomic mass is 9.59. The summed E-state index contributed by atoms with van der Waals surface area (Å²) in [5, 5.41) is 30.6. The normalized spacial score (nSPS) is 20.8. The van der Waals surface area contributed by atoms with Crippen molar-refractivity contribution < 1.29 is 8.83 Å². The molecular weight excluding hydrogens is 727 g/mol. The third kappa shape index (κ3) is 4.38. The minimum absolute atomic E-state index is 0.534. The number of rotatable bonds is 7. The second-order valence-electron chi connectivity index (χ2n) is 14.7. The van der Waals surface area contributed by atoms with Gasteiger partial charge in [-0.05, 0) is 78.7 Å². The van der Waals surface area contributed by atoms with Gasteiger partial charge in [0.25, 0.3) is 0 Å². The summed E-state index contributed by atoms with van der Waals surface area (Å²) in [5.41, 5.74) is 4.35. The van der Waals surface area contributed by atoms with Gasteiger partial charge in [-0.25, -0.2) is 15.0 Å². The Morgan fingerprint density at radius 3 is 2.40 bits per heavy atom. The minimum Gasteiger partial charge on any atom is -0.468 e. The van der Waals surface area contributed by atoms with E-state index in [0.717, 1.165) is 39.4 Å². The van der Waals surface area contributed by atoms with Crippen LogP contribution < -0.4 is 10.0 Å². The molecule has 0 bridgehead atoms. The van der Waals surface area contributed by atoms with Crippen LogP contribution >= 0.6 is 0 Å². The first-order valence-electron chi connectivity index (χ1n) is 19.2. The van der Waals surface area contributed by atoms with Crippen LogP contribution in [0.2, 0.25) is 0 Å². The monoisotopic (exact) mass is 759 g/mol. The fourth-order valence-corrected chi connectivity index (χ4v) is 9.51. The lowest BCUT2D eigenvalue weighted by Gasteiger charge is -2.46. The molecule has 12 rings (SSSR count). The number of furan rings is 2. The molecule has 0 amide bonds. The summed E-state index contributed by atoms with van der Waals surface area (Å²) in [6.45, 7) is 0.640. The summed E-state index contributed by atoms with van der Waals surface area (Å²) in [5.74, 6) is 1.68. The number of hydrazine groups is 2. The molecule has 1 saturated heterocycles. The number of aromatic nitrogens is 8. The zero-order chi connectivity index (χ0) is 38.3. The molecule has 8 heterocycles. The van der Waals surface area contributed by atoms with Crippen LogP contribution in [0.25, 0.3) is 32.9 Å². The van der Waals surface area contributed by atoms with Gasteiger partial charge in [-0.15, -0.1) is 5.12 Å². The zero-order valence-corrected chi connectivity index (χ0v) is 30.8. The molecule has 58 heavy (non-hydrogen) atoms. The number of para-hydroxylation sites is 5. The average molecular weight is 760 g/mol. The molecule has 280 valence electrons. The third-order valence-corrected chi connectivity index (χ3v) is 11.8. The van der Waals surface area contributed by atoms with E-state index in [9.17, 15) is 0 Å². The second-order valence-corrected chi connectivity index (χ2v) is 14.7. The molecule has 10 aromatic rings. The van der Waals surface area contributed by atoms with E-state index < -0.39 is 17.0 Å². The topological polar surface area (TPSA) is 145 Å². The predicted octanol–water partition coefficient (Wildman–Crippen LogP) is 8.04. The maximum atomic E-state index is 7.26. The number of nitrogens with one attached hydrogen (secondary N) is 2. The Kier molecular flexibility index (Phi) is 6.99. The molecular formula is C45H33N11O2. The SMILES string of the molecule is c1cnnc(C2N(N3CCc4ccccc43)N(c3nc4ccccc4[nH]3)C(c3ccc4ccccc4n3)(c3cc4ccccc4o3)C2(c2cn[nH]n2)c2ccco2)c1. The Balaban J connectivity index is 1.34. The molecule has 6 aromatic heterocycles. The van der Waals surface area contributed by atoms with E-state index in [1.165, 1.54) is 5.56 Å². The Morgan fingerprint density at radius 1 is 0.724 bits per heavy atom. The van der Waals surface area contributed by atoms with E-state index in [2.05, 4.69) is 90.1 Å². The molecule has 0 spiro atoms. The fourth-order valence-electron chi connectivity index (χ4n) is 9.51. The van der Waals surface area contributed by atoms with E-state index in [-0.39, 0.29) is 0 Å². The van der Waals surface area contributed by atoms with Crippen molar-refractivity contribution in [3.8, 4) is 0 Å². The molecule has 2 aliphatic heterocycles. The van der Waals surface area contributed by atoms with Crippen molar-refractivity contribution in [2.75, 3.05) is 16.6 Å². The largest absolute Gasteiger partial charge is 0.468 e. The lowest BCUT2D eigenvalue weighted by molar-refractivity contribution is 0.174. The van der Waals surface area contributed by atoms with Crippen molar-refractivity contribution in [3.63, 3.8) is 0 Å². The van der Waals surface area contributed by atoms with Gasteiger partial charge in [0.1, 0.15) is 34.3 Å². The van der Waals surface area contributed by atoms with Gasteiger partial charge in [0, 0.05) is 23.5 Å². The number of benzene rings is 4. The third-order valence-electron chi connectivity index (χ3n) is 11.8. The number of hydrogen-bond donors (Lipinski definition) is 2. The second kappa shape index (κ2) is 12.4. The Bertz CT molecular complexity index is 2990. The summed E-state index contributed by atoms with van der Waals surface area (Å²) in [4.78, 5) is 14.8. The minimum atomic E-state index is -1.50. The predicted molar refractivity (Wildman–Crippen MR) is 217 cm³/mol. The first kappa shape index (κ1) is 32.6. The van der Waals surface area contributed by atoms with Gasteiger partial charge in [-0.3, -0.25) is 5.01 Å². The maximum absolute atomic E-state index is 7.26. The van der Waals surface area contributed by atoms with Crippen LogP contribution in [-0.2, 0) is 17.4 Å². The molecule has 0 radical (unpaired) electrons. The van der Waals surface area contributed by atoms with Crippen molar-refractivity contribution >= 4 is 44.5 Å². The molecule has 13 heteroatoms. The Labute approximate surface area is 330 Å². The van der Waals surface area contributed by atoms with Crippen molar-refractivity contribution in [2.45, 2.75) is 23.4 Å². The van der Waals surface area contributed by atoms with Crippen LogP contribution in [0.4, 0.5) is 11.6 Å². The van der Waals surface area contributed by atoms with Gasteiger partial charge in [0.2, 0.25) is 5.95 Å². The van der Waals surface area contributed by atoms with Gasteiger partial charge in [0.15, 0.2) is 5.54 Å². The highest BCUT2D eigenvalue weighted by Gasteiger charge is 2.78. The summed E-state index contributed by atoms with van der Waals surface area (Å²) < 4.78 is 14.0. The van der Waals surface area contributed by atoms with Crippen LogP contribution in [0.3, 0.4) is 0 Å². The summed E-state index contributed by atoms with van der Waals surface area (Å²) in [7, 11) is 0. The van der Waals surface area contributed by atoms with Crippen molar-refractivity contribution in [1.29, 1.82) is 0 Å². The number of anilines is 2. The number of pyridine rings is 1.